The zero-order chi connectivity index (χ0) is 10.8. The van der Waals surface area contributed by atoms with Gasteiger partial charge in [0.2, 0.25) is 0 Å². The third-order valence-corrected chi connectivity index (χ3v) is 2.64. The second-order valence-corrected chi connectivity index (χ2v) is 3.98. The van der Waals surface area contributed by atoms with Crippen molar-refractivity contribution in [1.29, 1.82) is 0 Å². The molecule has 2 aromatic rings. The predicted octanol–water partition coefficient (Wildman–Crippen LogP) is 2.07. The SMILES string of the molecule is CCn1ccn(Cc2ccc(Br)o2)c1=O. The highest BCUT2D eigenvalue weighted by molar-refractivity contribution is 9.10. The molecule has 0 unspecified atom stereocenters. The minimum Gasteiger partial charge on any atom is -0.452 e. The lowest BCUT2D eigenvalue weighted by molar-refractivity contribution is 0.469. The standard InChI is InChI=1S/C10H11BrN2O2/c1-2-12-5-6-13(10(12)14)7-8-3-4-9(11)15-8/h3-6H,2,7H2,1H3. The molecular weight excluding hydrogens is 260 g/mol. The lowest BCUT2D eigenvalue weighted by Crippen LogP contribution is -2.23. The van der Waals surface area contributed by atoms with Gasteiger partial charge in [-0.1, -0.05) is 0 Å². The van der Waals surface area contributed by atoms with Gasteiger partial charge >= 0.3 is 5.69 Å². The highest BCUT2D eigenvalue weighted by atomic mass is 79.9. The van der Waals surface area contributed by atoms with Gasteiger partial charge in [0.25, 0.3) is 0 Å². The summed E-state index contributed by atoms with van der Waals surface area (Å²) < 4.78 is 9.28. The van der Waals surface area contributed by atoms with Crippen LogP contribution in [0.25, 0.3) is 0 Å². The fourth-order valence-electron chi connectivity index (χ4n) is 1.42. The van der Waals surface area contributed by atoms with E-state index in [0.29, 0.717) is 17.8 Å². The topological polar surface area (TPSA) is 40.1 Å². The fraction of sp³-hybridized carbons (Fsp3) is 0.300. The van der Waals surface area contributed by atoms with Crippen molar-refractivity contribution >= 4 is 15.9 Å². The molecule has 5 heteroatoms. The summed E-state index contributed by atoms with van der Waals surface area (Å²) >= 11 is 3.22. The van der Waals surface area contributed by atoms with E-state index in [1.54, 1.807) is 21.5 Å². The minimum absolute atomic E-state index is 0.00924. The van der Waals surface area contributed by atoms with Crippen LogP contribution < -0.4 is 5.69 Å². The molecule has 2 rings (SSSR count). The lowest BCUT2D eigenvalue weighted by atomic mass is 10.4. The molecule has 0 N–H and O–H groups in total. The van der Waals surface area contributed by atoms with Crippen molar-refractivity contribution in [2.45, 2.75) is 20.0 Å². The molecule has 15 heavy (non-hydrogen) atoms. The first kappa shape index (κ1) is 10.3. The number of hydrogen-bond acceptors (Lipinski definition) is 2. The fourth-order valence-corrected chi connectivity index (χ4v) is 1.76. The molecule has 0 spiro atoms. The molecule has 2 heterocycles. The summed E-state index contributed by atoms with van der Waals surface area (Å²) in [7, 11) is 0. The van der Waals surface area contributed by atoms with E-state index >= 15 is 0 Å². The molecule has 0 radical (unpaired) electrons. The summed E-state index contributed by atoms with van der Waals surface area (Å²) in [4.78, 5) is 11.7. The van der Waals surface area contributed by atoms with Gasteiger partial charge in [-0.05, 0) is 35.0 Å². The Hall–Kier alpha value is -1.23. The van der Waals surface area contributed by atoms with Gasteiger partial charge in [0.1, 0.15) is 5.76 Å². The summed E-state index contributed by atoms with van der Waals surface area (Å²) in [6, 6.07) is 3.66. The Bertz CT molecular complexity index is 509. The van der Waals surface area contributed by atoms with Crippen molar-refractivity contribution in [2.24, 2.45) is 0 Å². The summed E-state index contributed by atoms with van der Waals surface area (Å²) in [6.45, 7) is 3.10. The Labute approximate surface area is 95.3 Å². The number of hydrogen-bond donors (Lipinski definition) is 0. The molecule has 2 aromatic heterocycles. The second-order valence-electron chi connectivity index (χ2n) is 3.20. The quantitative estimate of drug-likeness (QED) is 0.857. The first-order chi connectivity index (χ1) is 7.20. The normalized spacial score (nSPS) is 10.8. The van der Waals surface area contributed by atoms with Crippen LogP contribution in [0.3, 0.4) is 0 Å². The van der Waals surface area contributed by atoms with E-state index in [0.717, 1.165) is 5.76 Å². The Morgan fingerprint density at radius 1 is 1.33 bits per heavy atom. The van der Waals surface area contributed by atoms with Gasteiger partial charge in [-0.25, -0.2) is 4.79 Å². The smallest absolute Gasteiger partial charge is 0.328 e. The first-order valence-electron chi connectivity index (χ1n) is 4.70. The molecule has 0 aromatic carbocycles. The minimum atomic E-state index is -0.00924. The van der Waals surface area contributed by atoms with Crippen molar-refractivity contribution in [3.63, 3.8) is 0 Å². The third kappa shape index (κ3) is 2.07. The molecule has 0 bridgehead atoms. The van der Waals surface area contributed by atoms with Gasteiger partial charge in [-0.15, -0.1) is 0 Å². The summed E-state index contributed by atoms with van der Waals surface area (Å²) in [5.41, 5.74) is -0.00924. The average molecular weight is 271 g/mol. The molecule has 4 nitrogen and oxygen atoms in total. The monoisotopic (exact) mass is 270 g/mol. The van der Waals surface area contributed by atoms with Gasteiger partial charge < -0.3 is 4.42 Å². The van der Waals surface area contributed by atoms with E-state index in [1.165, 1.54) is 0 Å². The Morgan fingerprint density at radius 2 is 2.07 bits per heavy atom. The van der Waals surface area contributed by atoms with Crippen molar-refractivity contribution in [3.05, 3.63) is 45.4 Å². The lowest BCUT2D eigenvalue weighted by Gasteiger charge is -1.97. The molecule has 0 fully saturated rings. The van der Waals surface area contributed by atoms with Crippen LogP contribution in [0.2, 0.25) is 0 Å². The van der Waals surface area contributed by atoms with Gasteiger partial charge in [-0.2, -0.15) is 0 Å². The number of halogens is 1. The van der Waals surface area contributed by atoms with Crippen molar-refractivity contribution in [2.75, 3.05) is 0 Å². The summed E-state index contributed by atoms with van der Waals surface area (Å²) in [5.74, 6) is 0.762. The largest absolute Gasteiger partial charge is 0.452 e. The van der Waals surface area contributed by atoms with Crippen molar-refractivity contribution in [1.82, 2.24) is 9.13 Å². The highest BCUT2D eigenvalue weighted by Crippen LogP contribution is 2.14. The zero-order valence-corrected chi connectivity index (χ0v) is 9.90. The number of aromatic nitrogens is 2. The van der Waals surface area contributed by atoms with Gasteiger partial charge in [0.05, 0.1) is 6.54 Å². The Kier molecular flexibility index (Phi) is 2.81. The molecule has 80 valence electrons. The zero-order valence-electron chi connectivity index (χ0n) is 8.31. The van der Waals surface area contributed by atoms with E-state index < -0.39 is 0 Å². The van der Waals surface area contributed by atoms with Gasteiger partial charge in [0, 0.05) is 18.9 Å². The van der Waals surface area contributed by atoms with E-state index in [1.807, 2.05) is 19.1 Å². The van der Waals surface area contributed by atoms with Crippen LogP contribution in [0, 0.1) is 0 Å². The highest BCUT2D eigenvalue weighted by Gasteiger charge is 2.05. The van der Waals surface area contributed by atoms with Crippen LogP contribution in [0.1, 0.15) is 12.7 Å². The number of aryl methyl sites for hydroxylation is 1. The predicted molar refractivity (Wildman–Crippen MR) is 59.9 cm³/mol. The maximum absolute atomic E-state index is 11.7. The van der Waals surface area contributed by atoms with E-state index in [2.05, 4.69) is 15.9 Å². The van der Waals surface area contributed by atoms with Crippen molar-refractivity contribution < 1.29 is 4.42 Å². The molecular formula is C10H11BrN2O2. The maximum Gasteiger partial charge on any atom is 0.328 e. The molecule has 0 saturated carbocycles. The second kappa shape index (κ2) is 4.10. The maximum atomic E-state index is 11.7. The van der Waals surface area contributed by atoms with Gasteiger partial charge in [0.15, 0.2) is 4.67 Å². The van der Waals surface area contributed by atoms with E-state index in [-0.39, 0.29) is 5.69 Å². The molecule has 0 aliphatic heterocycles. The number of imidazole rings is 1. The van der Waals surface area contributed by atoms with E-state index in [9.17, 15) is 4.79 Å². The van der Waals surface area contributed by atoms with Crippen LogP contribution in [-0.4, -0.2) is 9.13 Å². The van der Waals surface area contributed by atoms with Crippen molar-refractivity contribution in [3.8, 4) is 0 Å². The molecule has 0 aliphatic rings. The Morgan fingerprint density at radius 3 is 2.60 bits per heavy atom. The number of furan rings is 1. The molecule has 0 aliphatic carbocycles. The average Bonchev–Trinajstić information content (AvgIpc) is 2.76. The van der Waals surface area contributed by atoms with Crippen LogP contribution in [-0.2, 0) is 13.1 Å². The Balaban J connectivity index is 2.25. The first-order valence-corrected chi connectivity index (χ1v) is 5.50. The van der Waals surface area contributed by atoms with Crippen LogP contribution in [0.15, 0.2) is 38.4 Å². The summed E-state index contributed by atoms with van der Waals surface area (Å²) in [6.07, 6.45) is 3.54. The van der Waals surface area contributed by atoms with Gasteiger partial charge in [-0.3, -0.25) is 9.13 Å². The van der Waals surface area contributed by atoms with Crippen LogP contribution in [0.5, 0.6) is 0 Å². The third-order valence-electron chi connectivity index (χ3n) is 2.21. The van der Waals surface area contributed by atoms with E-state index in [4.69, 9.17) is 4.42 Å². The van der Waals surface area contributed by atoms with Crippen LogP contribution in [0.4, 0.5) is 0 Å². The summed E-state index contributed by atoms with van der Waals surface area (Å²) in [5, 5.41) is 0. The number of rotatable bonds is 3. The molecule has 0 atom stereocenters. The van der Waals surface area contributed by atoms with Crippen LogP contribution >= 0.6 is 15.9 Å². The number of nitrogens with zero attached hydrogens (tertiary/aromatic N) is 2. The molecule has 0 amide bonds. The molecule has 0 saturated heterocycles.